The molecule has 152 valence electrons. The lowest BCUT2D eigenvalue weighted by atomic mass is 9.99. The van der Waals surface area contributed by atoms with Gasteiger partial charge in [0, 0.05) is 22.5 Å². The molecule has 1 saturated heterocycles. The monoisotopic (exact) mass is 407 g/mol. The van der Waals surface area contributed by atoms with Crippen molar-refractivity contribution in [2.24, 2.45) is 0 Å². The van der Waals surface area contributed by atoms with Gasteiger partial charge < -0.3 is 19.7 Å². The minimum absolute atomic E-state index is 0.0864. The highest BCUT2D eigenvalue weighted by atomic mass is 19.1. The molecule has 1 aromatic heterocycles. The molecule has 0 spiro atoms. The van der Waals surface area contributed by atoms with Crippen LogP contribution in [0, 0.1) is 24.6 Å². The number of hydrogen-bond donors (Lipinski definition) is 3. The lowest BCUT2D eigenvalue weighted by molar-refractivity contribution is -0.122. The number of aromatic hydroxyl groups is 1. The molecule has 2 heterocycles. The predicted octanol–water partition coefficient (Wildman–Crippen LogP) is 2.43. The molecule has 7 nitrogen and oxygen atoms in total. The molecule has 3 N–H and O–H groups in total. The zero-order valence-corrected chi connectivity index (χ0v) is 16.2. The van der Waals surface area contributed by atoms with Crippen molar-refractivity contribution in [1.29, 1.82) is 0 Å². The van der Waals surface area contributed by atoms with Gasteiger partial charge in [0.25, 0.3) is 5.91 Å². The molecular formula is C22H18FN3O4. The third kappa shape index (κ3) is 3.31. The van der Waals surface area contributed by atoms with E-state index >= 15 is 0 Å². The lowest BCUT2D eigenvalue weighted by Gasteiger charge is -2.20. The fourth-order valence-corrected chi connectivity index (χ4v) is 3.36. The van der Waals surface area contributed by atoms with Gasteiger partial charge in [-0.05, 0) is 48.9 Å². The van der Waals surface area contributed by atoms with Crippen LogP contribution in [-0.4, -0.2) is 34.3 Å². The maximum Gasteiger partial charge on any atom is 0.323 e. The molecule has 1 aliphatic heterocycles. The second-order valence-corrected chi connectivity index (χ2v) is 7.06. The Kier molecular flexibility index (Phi) is 4.59. The number of ether oxygens (including phenoxy) is 1. The standard InChI is InChI=1S/C22H18FN3O4/c1-13-9-14(3-6-18(13)23)7-8-22(20(28)24-21(29)25-22)12-26-11-15-4-5-16(30-2)10-17(15)19(26)27/h3-6,9-11,27H,12H2,1-2H3,(H2,24,25,28,29)/t22-/m1/s1. The number of carbonyl (C=O) groups excluding carboxylic acids is 2. The molecule has 8 heteroatoms. The fraction of sp³-hybridized carbons (Fsp3) is 0.182. The minimum atomic E-state index is -1.60. The highest BCUT2D eigenvalue weighted by Gasteiger charge is 2.46. The van der Waals surface area contributed by atoms with Crippen LogP contribution in [-0.2, 0) is 11.3 Å². The smallest absolute Gasteiger partial charge is 0.323 e. The van der Waals surface area contributed by atoms with Crippen molar-refractivity contribution >= 4 is 22.7 Å². The summed E-state index contributed by atoms with van der Waals surface area (Å²) in [5.74, 6) is 5.13. The maximum atomic E-state index is 13.5. The van der Waals surface area contributed by atoms with Crippen LogP contribution in [0.25, 0.3) is 10.8 Å². The summed E-state index contributed by atoms with van der Waals surface area (Å²) in [6.07, 6.45) is 1.66. The first-order valence-corrected chi connectivity index (χ1v) is 9.10. The molecular weight excluding hydrogens is 389 g/mol. The molecule has 1 fully saturated rings. The van der Waals surface area contributed by atoms with Crippen molar-refractivity contribution in [3.05, 3.63) is 59.5 Å². The molecule has 2 aromatic carbocycles. The highest BCUT2D eigenvalue weighted by molar-refractivity contribution is 6.09. The van der Waals surface area contributed by atoms with Crippen molar-refractivity contribution in [3.63, 3.8) is 0 Å². The van der Waals surface area contributed by atoms with Crippen molar-refractivity contribution < 1.29 is 23.8 Å². The van der Waals surface area contributed by atoms with Gasteiger partial charge in [-0.2, -0.15) is 0 Å². The van der Waals surface area contributed by atoms with Gasteiger partial charge in [0.05, 0.1) is 13.7 Å². The van der Waals surface area contributed by atoms with Crippen LogP contribution in [0.5, 0.6) is 11.6 Å². The van der Waals surface area contributed by atoms with Gasteiger partial charge in [-0.15, -0.1) is 0 Å². The minimum Gasteiger partial charge on any atom is -0.497 e. The summed E-state index contributed by atoms with van der Waals surface area (Å²) in [5, 5.41) is 16.7. The number of aromatic nitrogens is 1. The van der Waals surface area contributed by atoms with Gasteiger partial charge >= 0.3 is 6.03 Å². The molecule has 0 aliphatic carbocycles. The molecule has 4 rings (SSSR count). The quantitative estimate of drug-likeness (QED) is 0.459. The molecule has 3 amide bonds. The number of carbonyl (C=O) groups is 2. The lowest BCUT2D eigenvalue weighted by Crippen LogP contribution is -2.49. The van der Waals surface area contributed by atoms with Crippen LogP contribution in [0.15, 0.2) is 42.6 Å². The molecule has 30 heavy (non-hydrogen) atoms. The Morgan fingerprint density at radius 2 is 2.03 bits per heavy atom. The molecule has 3 aromatic rings. The molecule has 1 aliphatic rings. The maximum absolute atomic E-state index is 13.5. The number of rotatable bonds is 3. The average Bonchev–Trinajstić information content (AvgIpc) is 3.18. The van der Waals surface area contributed by atoms with Gasteiger partial charge in [-0.1, -0.05) is 11.8 Å². The SMILES string of the molecule is COc1ccc2cn(C[C@@]3(C#Cc4ccc(F)c(C)c4)NC(=O)NC3=O)c(O)c2c1. The Morgan fingerprint density at radius 1 is 1.23 bits per heavy atom. The molecule has 0 unspecified atom stereocenters. The Hall–Kier alpha value is -3.99. The summed E-state index contributed by atoms with van der Waals surface area (Å²) >= 11 is 0. The highest BCUT2D eigenvalue weighted by Crippen LogP contribution is 2.32. The summed E-state index contributed by atoms with van der Waals surface area (Å²) in [7, 11) is 1.52. The van der Waals surface area contributed by atoms with E-state index in [-0.39, 0.29) is 18.2 Å². The van der Waals surface area contributed by atoms with E-state index in [0.29, 0.717) is 22.3 Å². The summed E-state index contributed by atoms with van der Waals surface area (Å²) in [4.78, 5) is 24.5. The summed E-state index contributed by atoms with van der Waals surface area (Å²) in [6, 6.07) is 8.86. The largest absolute Gasteiger partial charge is 0.497 e. The van der Waals surface area contributed by atoms with Crippen molar-refractivity contribution in [3.8, 4) is 23.5 Å². The number of methoxy groups -OCH3 is 1. The zero-order valence-electron chi connectivity index (χ0n) is 16.2. The zero-order chi connectivity index (χ0) is 21.5. The van der Waals surface area contributed by atoms with E-state index in [1.807, 2.05) is 0 Å². The average molecular weight is 407 g/mol. The number of hydrogen-bond acceptors (Lipinski definition) is 4. The molecule has 0 bridgehead atoms. The van der Waals surface area contributed by atoms with Gasteiger partial charge in [-0.25, -0.2) is 9.18 Å². The van der Waals surface area contributed by atoms with Gasteiger partial charge in [0.15, 0.2) is 5.88 Å². The first kappa shape index (κ1) is 19.3. The number of benzene rings is 2. The van der Waals surface area contributed by atoms with Gasteiger partial charge in [-0.3, -0.25) is 10.1 Å². The summed E-state index contributed by atoms with van der Waals surface area (Å²) < 4.78 is 20.1. The van der Waals surface area contributed by atoms with Crippen LogP contribution < -0.4 is 15.4 Å². The topological polar surface area (TPSA) is 92.6 Å². The van der Waals surface area contributed by atoms with E-state index in [9.17, 15) is 19.1 Å². The van der Waals surface area contributed by atoms with Crippen LogP contribution in [0.3, 0.4) is 0 Å². The molecule has 0 radical (unpaired) electrons. The number of aryl methyl sites for hydroxylation is 1. The van der Waals surface area contributed by atoms with E-state index in [1.54, 1.807) is 37.4 Å². The van der Waals surface area contributed by atoms with E-state index < -0.39 is 17.5 Å². The van der Waals surface area contributed by atoms with Crippen molar-refractivity contribution in [2.75, 3.05) is 7.11 Å². The van der Waals surface area contributed by atoms with E-state index in [2.05, 4.69) is 22.5 Å². The Bertz CT molecular complexity index is 1250. The first-order chi connectivity index (χ1) is 14.3. The third-order valence-corrected chi connectivity index (χ3v) is 5.00. The van der Waals surface area contributed by atoms with Crippen LogP contribution in [0.2, 0.25) is 0 Å². The van der Waals surface area contributed by atoms with Crippen LogP contribution in [0.1, 0.15) is 11.1 Å². The third-order valence-electron chi connectivity index (χ3n) is 5.00. The fourth-order valence-electron chi connectivity index (χ4n) is 3.36. The predicted molar refractivity (Wildman–Crippen MR) is 108 cm³/mol. The number of nitrogens with zero attached hydrogens (tertiary/aromatic N) is 1. The van der Waals surface area contributed by atoms with Crippen LogP contribution in [0.4, 0.5) is 9.18 Å². The van der Waals surface area contributed by atoms with E-state index in [1.165, 1.54) is 23.8 Å². The molecule has 1 atom stereocenters. The first-order valence-electron chi connectivity index (χ1n) is 9.10. The summed E-state index contributed by atoms with van der Waals surface area (Å²) in [5.41, 5.74) is -0.691. The van der Waals surface area contributed by atoms with Gasteiger partial charge in [0.1, 0.15) is 11.6 Å². The Balaban J connectivity index is 1.76. The second kappa shape index (κ2) is 7.12. The van der Waals surface area contributed by atoms with E-state index in [0.717, 1.165) is 5.39 Å². The van der Waals surface area contributed by atoms with Crippen molar-refractivity contribution in [1.82, 2.24) is 15.2 Å². The Labute approximate surface area is 171 Å². The number of fused-ring (bicyclic) bond motifs is 1. The van der Waals surface area contributed by atoms with E-state index in [4.69, 9.17) is 4.74 Å². The normalized spacial score (nSPS) is 18.0. The number of amides is 3. The number of halogens is 1. The second-order valence-electron chi connectivity index (χ2n) is 7.06. The number of urea groups is 1. The summed E-state index contributed by atoms with van der Waals surface area (Å²) in [6.45, 7) is 1.48. The van der Waals surface area contributed by atoms with Crippen LogP contribution >= 0.6 is 0 Å². The Morgan fingerprint density at radius 3 is 2.70 bits per heavy atom. The molecule has 0 saturated carbocycles. The van der Waals surface area contributed by atoms with Gasteiger partial charge in [0.2, 0.25) is 5.54 Å². The number of imide groups is 1. The number of nitrogens with one attached hydrogen (secondary N) is 2. The van der Waals surface area contributed by atoms with Crippen molar-refractivity contribution in [2.45, 2.75) is 19.0 Å².